The SMILES string of the molecule is [B]c1cnn2c(NCCNC(=O)/C(C)=C/c3ccccc3)cc(-c3ccccc3Cl)nc12. The number of benzene rings is 2. The van der Waals surface area contributed by atoms with Gasteiger partial charge in [0.15, 0.2) is 5.65 Å². The molecule has 1 amide bonds. The first kappa shape index (κ1) is 21.6. The second-order valence-electron chi connectivity index (χ2n) is 7.26. The fraction of sp³-hybridized carbons (Fsp3) is 0.125. The average molecular weight is 442 g/mol. The zero-order valence-corrected chi connectivity index (χ0v) is 18.3. The highest BCUT2D eigenvalue weighted by atomic mass is 35.5. The van der Waals surface area contributed by atoms with E-state index in [9.17, 15) is 4.79 Å². The quantitative estimate of drug-likeness (QED) is 0.262. The maximum absolute atomic E-state index is 12.4. The fourth-order valence-corrected chi connectivity index (χ4v) is 3.52. The van der Waals surface area contributed by atoms with Crippen LogP contribution >= 0.6 is 11.6 Å². The van der Waals surface area contributed by atoms with Crippen LogP contribution in [0.5, 0.6) is 0 Å². The molecule has 0 unspecified atom stereocenters. The Morgan fingerprint density at radius 2 is 1.88 bits per heavy atom. The largest absolute Gasteiger partial charge is 0.368 e. The predicted octanol–water partition coefficient (Wildman–Crippen LogP) is 3.48. The topological polar surface area (TPSA) is 71.3 Å². The van der Waals surface area contributed by atoms with Crippen LogP contribution in [0.25, 0.3) is 23.0 Å². The lowest BCUT2D eigenvalue weighted by Gasteiger charge is -2.12. The Morgan fingerprint density at radius 1 is 1.12 bits per heavy atom. The summed E-state index contributed by atoms with van der Waals surface area (Å²) in [5, 5.41) is 11.1. The molecule has 0 aliphatic carbocycles. The molecule has 0 spiro atoms. The van der Waals surface area contributed by atoms with Crippen molar-refractivity contribution in [3.63, 3.8) is 0 Å². The minimum Gasteiger partial charge on any atom is -0.368 e. The summed E-state index contributed by atoms with van der Waals surface area (Å²) < 4.78 is 1.64. The van der Waals surface area contributed by atoms with Crippen molar-refractivity contribution in [2.24, 2.45) is 0 Å². The van der Waals surface area contributed by atoms with Crippen LogP contribution in [0.3, 0.4) is 0 Å². The summed E-state index contributed by atoms with van der Waals surface area (Å²) in [4.78, 5) is 17.0. The second kappa shape index (κ2) is 9.70. The molecular weight excluding hydrogens is 421 g/mol. The van der Waals surface area contributed by atoms with Crippen molar-refractivity contribution in [2.75, 3.05) is 18.4 Å². The molecule has 6 nitrogen and oxygen atoms in total. The first-order chi connectivity index (χ1) is 15.5. The summed E-state index contributed by atoms with van der Waals surface area (Å²) in [6.07, 6.45) is 3.42. The van der Waals surface area contributed by atoms with Gasteiger partial charge in [-0.15, -0.1) is 0 Å². The molecule has 0 saturated heterocycles. The molecule has 2 aromatic heterocycles. The smallest absolute Gasteiger partial charge is 0.246 e. The van der Waals surface area contributed by atoms with Crippen molar-refractivity contribution in [1.29, 1.82) is 0 Å². The van der Waals surface area contributed by atoms with Crippen LogP contribution in [0.15, 0.2) is 72.4 Å². The molecule has 0 saturated carbocycles. The maximum Gasteiger partial charge on any atom is 0.246 e. The van der Waals surface area contributed by atoms with Gasteiger partial charge < -0.3 is 10.6 Å². The maximum atomic E-state index is 12.4. The molecule has 4 aromatic rings. The van der Waals surface area contributed by atoms with Gasteiger partial charge in [0.25, 0.3) is 0 Å². The van der Waals surface area contributed by atoms with Gasteiger partial charge in [0.2, 0.25) is 5.91 Å². The molecule has 2 N–H and O–H groups in total. The van der Waals surface area contributed by atoms with E-state index in [1.165, 1.54) is 0 Å². The van der Waals surface area contributed by atoms with E-state index in [4.69, 9.17) is 19.4 Å². The van der Waals surface area contributed by atoms with Crippen LogP contribution in [-0.2, 0) is 4.79 Å². The summed E-state index contributed by atoms with van der Waals surface area (Å²) >= 11 is 6.36. The number of anilines is 1. The van der Waals surface area contributed by atoms with E-state index in [0.717, 1.165) is 11.1 Å². The van der Waals surface area contributed by atoms with Crippen molar-refractivity contribution in [2.45, 2.75) is 6.92 Å². The predicted molar refractivity (Wildman–Crippen MR) is 130 cm³/mol. The Kier molecular flexibility index (Phi) is 6.56. The van der Waals surface area contributed by atoms with Gasteiger partial charge in [-0.05, 0) is 30.1 Å². The standard InChI is InChI=1S/C24H21BClN5O/c1-16(13-17-7-3-2-4-8-17)24(32)28-12-11-27-22-14-21(18-9-5-6-10-20(18)26)30-23-19(25)15-29-31(22)23/h2-10,13-15,27H,11-12H2,1H3,(H,28,32)/b16-13+. The number of fused-ring (bicyclic) bond motifs is 1. The zero-order valence-electron chi connectivity index (χ0n) is 17.5. The highest BCUT2D eigenvalue weighted by molar-refractivity contribution is 6.36. The first-order valence-corrected chi connectivity index (χ1v) is 10.6. The van der Waals surface area contributed by atoms with E-state index in [1.54, 1.807) is 17.6 Å². The molecule has 2 aromatic carbocycles. The van der Waals surface area contributed by atoms with Crippen molar-refractivity contribution < 1.29 is 4.79 Å². The molecule has 2 radical (unpaired) electrons. The van der Waals surface area contributed by atoms with E-state index in [1.807, 2.05) is 66.7 Å². The molecule has 158 valence electrons. The van der Waals surface area contributed by atoms with Gasteiger partial charge in [-0.25, -0.2) is 4.98 Å². The first-order valence-electron chi connectivity index (χ1n) is 10.2. The third-order valence-corrected chi connectivity index (χ3v) is 5.24. The number of carbonyl (C=O) groups is 1. The van der Waals surface area contributed by atoms with Gasteiger partial charge in [0.1, 0.15) is 13.7 Å². The van der Waals surface area contributed by atoms with Crippen molar-refractivity contribution in [3.05, 3.63) is 83.0 Å². The number of rotatable bonds is 7. The Bertz CT molecular complexity index is 1290. The number of hydrogen-bond donors (Lipinski definition) is 2. The Labute approximate surface area is 192 Å². The van der Waals surface area contributed by atoms with E-state index < -0.39 is 0 Å². The van der Waals surface area contributed by atoms with E-state index in [2.05, 4.69) is 20.7 Å². The minimum absolute atomic E-state index is 0.115. The third-order valence-electron chi connectivity index (χ3n) is 4.91. The summed E-state index contributed by atoms with van der Waals surface area (Å²) in [5.41, 5.74) is 4.12. The monoisotopic (exact) mass is 441 g/mol. The lowest BCUT2D eigenvalue weighted by atomic mass is 10.0. The summed E-state index contributed by atoms with van der Waals surface area (Å²) in [6.45, 7) is 2.72. The normalized spacial score (nSPS) is 11.5. The molecule has 0 bridgehead atoms. The Balaban J connectivity index is 1.46. The molecule has 8 heteroatoms. The summed E-state index contributed by atoms with van der Waals surface area (Å²) in [6, 6.07) is 19.1. The second-order valence-corrected chi connectivity index (χ2v) is 7.67. The number of amides is 1. The van der Waals surface area contributed by atoms with Gasteiger partial charge in [0.05, 0.1) is 5.69 Å². The highest BCUT2D eigenvalue weighted by Gasteiger charge is 2.12. The minimum atomic E-state index is -0.115. The Hall–Kier alpha value is -3.58. The van der Waals surface area contributed by atoms with Gasteiger partial charge in [0, 0.05) is 41.5 Å². The molecule has 0 aliphatic heterocycles. The zero-order chi connectivity index (χ0) is 22.5. The van der Waals surface area contributed by atoms with Gasteiger partial charge in [-0.2, -0.15) is 9.61 Å². The molecule has 4 rings (SSSR count). The lowest BCUT2D eigenvalue weighted by molar-refractivity contribution is -0.117. The van der Waals surface area contributed by atoms with Crippen LogP contribution in [0.1, 0.15) is 12.5 Å². The van der Waals surface area contributed by atoms with Crippen LogP contribution in [0.4, 0.5) is 5.82 Å². The highest BCUT2D eigenvalue weighted by Crippen LogP contribution is 2.28. The summed E-state index contributed by atoms with van der Waals surface area (Å²) in [7, 11) is 6.05. The fourth-order valence-electron chi connectivity index (χ4n) is 3.28. The third kappa shape index (κ3) is 4.84. The van der Waals surface area contributed by atoms with Crippen molar-refractivity contribution >= 4 is 48.4 Å². The average Bonchev–Trinajstić information content (AvgIpc) is 3.18. The number of nitrogens with one attached hydrogen (secondary N) is 2. The number of hydrogen-bond acceptors (Lipinski definition) is 4. The van der Waals surface area contributed by atoms with Gasteiger partial charge in [-0.3, -0.25) is 4.79 Å². The van der Waals surface area contributed by atoms with Gasteiger partial charge in [-0.1, -0.05) is 60.1 Å². The molecule has 0 atom stereocenters. The number of nitrogens with zero attached hydrogens (tertiary/aromatic N) is 3. The molecule has 2 heterocycles. The van der Waals surface area contributed by atoms with Gasteiger partial charge >= 0.3 is 0 Å². The molecular formula is C24H21BClN5O. The van der Waals surface area contributed by atoms with Crippen LogP contribution in [0.2, 0.25) is 5.02 Å². The van der Waals surface area contributed by atoms with E-state index in [-0.39, 0.29) is 5.91 Å². The Morgan fingerprint density at radius 3 is 2.66 bits per heavy atom. The molecule has 0 aliphatic rings. The number of aromatic nitrogens is 3. The number of carbonyl (C=O) groups excluding carboxylic acids is 1. The van der Waals surface area contributed by atoms with Crippen molar-refractivity contribution in [3.8, 4) is 11.3 Å². The van der Waals surface area contributed by atoms with Crippen molar-refractivity contribution in [1.82, 2.24) is 19.9 Å². The van der Waals surface area contributed by atoms with E-state index >= 15 is 0 Å². The van der Waals surface area contributed by atoms with Crippen LogP contribution < -0.4 is 16.1 Å². The van der Waals surface area contributed by atoms with Crippen LogP contribution in [-0.4, -0.2) is 41.4 Å². The summed E-state index contributed by atoms with van der Waals surface area (Å²) in [5.74, 6) is 0.586. The molecule has 32 heavy (non-hydrogen) atoms. The van der Waals surface area contributed by atoms with Crippen LogP contribution in [0, 0.1) is 0 Å². The lowest BCUT2D eigenvalue weighted by Crippen LogP contribution is -2.29. The molecule has 0 fully saturated rings. The van der Waals surface area contributed by atoms with E-state index in [0.29, 0.717) is 46.3 Å². The number of halogens is 1.